The third kappa shape index (κ3) is 7.58. The van der Waals surface area contributed by atoms with E-state index >= 15 is 0 Å². The van der Waals surface area contributed by atoms with E-state index in [9.17, 15) is 4.79 Å². The van der Waals surface area contributed by atoms with Gasteiger partial charge in [0, 0.05) is 11.7 Å². The van der Waals surface area contributed by atoms with Gasteiger partial charge in [0.2, 0.25) is 6.41 Å². The van der Waals surface area contributed by atoms with E-state index in [2.05, 4.69) is 19.9 Å². The normalized spacial score (nSPS) is 9.85. The molecular weight excluding hydrogens is 248 g/mol. The number of rotatable bonds is 4. The van der Waals surface area contributed by atoms with Crippen LogP contribution in [-0.4, -0.2) is 12.5 Å². The molecule has 0 saturated heterocycles. The minimum Gasteiger partial charge on any atom is -0.312 e. The van der Waals surface area contributed by atoms with Crippen LogP contribution < -0.4 is 4.90 Å². The number of carbonyl (C=O) groups is 1. The lowest BCUT2D eigenvalue weighted by Gasteiger charge is -2.24. The fourth-order valence-corrected chi connectivity index (χ4v) is 1.35. The van der Waals surface area contributed by atoms with Gasteiger partial charge in [-0.1, -0.05) is 47.1 Å². The van der Waals surface area contributed by atoms with E-state index in [0.29, 0.717) is 5.56 Å². The zero-order valence-electron chi connectivity index (χ0n) is 13.7. The van der Waals surface area contributed by atoms with Gasteiger partial charge in [-0.3, -0.25) is 4.79 Å². The van der Waals surface area contributed by atoms with Gasteiger partial charge in [0.1, 0.15) is 0 Å². The van der Waals surface area contributed by atoms with Gasteiger partial charge in [0.25, 0.3) is 0 Å². The first kappa shape index (κ1) is 20.5. The second kappa shape index (κ2) is 13.6. The highest BCUT2D eigenvalue weighted by molar-refractivity contribution is 5.76. The van der Waals surface area contributed by atoms with Gasteiger partial charge >= 0.3 is 0 Å². The number of hydrogen-bond acceptors (Lipinski definition) is 2. The lowest BCUT2D eigenvalue weighted by Crippen LogP contribution is -2.30. The lowest BCUT2D eigenvalue weighted by molar-refractivity contribution is -0.107. The standard InChI is InChI=1S/C12H14N2O.C3H8.C2H6/c1-3-10(2)14(9-15)12-6-4-5-11(7-12)8-13;1-3-2;1-2/h4-7,9-10H,3H2,1-2H3;3H2,1-2H3;1-2H3. The first-order valence-corrected chi connectivity index (χ1v) is 7.38. The van der Waals surface area contributed by atoms with E-state index in [4.69, 9.17) is 5.26 Å². The summed E-state index contributed by atoms with van der Waals surface area (Å²) in [6.07, 6.45) is 2.94. The maximum Gasteiger partial charge on any atom is 0.214 e. The molecule has 112 valence electrons. The highest BCUT2D eigenvalue weighted by Gasteiger charge is 2.11. The molecule has 0 aliphatic carbocycles. The Morgan fingerprint density at radius 2 is 1.85 bits per heavy atom. The quantitative estimate of drug-likeness (QED) is 0.744. The number of benzene rings is 1. The van der Waals surface area contributed by atoms with Crippen LogP contribution in [0.1, 0.15) is 59.9 Å². The van der Waals surface area contributed by atoms with Crippen LogP contribution in [0.4, 0.5) is 5.69 Å². The van der Waals surface area contributed by atoms with Gasteiger partial charge in [-0.05, 0) is 31.5 Å². The predicted octanol–water partition coefficient (Wildman–Crippen LogP) is 4.76. The number of carbonyl (C=O) groups excluding carboxylic acids is 1. The minimum absolute atomic E-state index is 0.149. The molecule has 0 aliphatic heterocycles. The van der Waals surface area contributed by atoms with E-state index < -0.39 is 0 Å². The summed E-state index contributed by atoms with van der Waals surface area (Å²) in [6, 6.07) is 9.28. The van der Waals surface area contributed by atoms with Gasteiger partial charge in [-0.2, -0.15) is 5.26 Å². The van der Waals surface area contributed by atoms with Crippen LogP contribution in [0, 0.1) is 11.3 Å². The van der Waals surface area contributed by atoms with Crippen molar-refractivity contribution >= 4 is 12.1 Å². The number of hydrogen-bond donors (Lipinski definition) is 0. The molecule has 3 nitrogen and oxygen atoms in total. The smallest absolute Gasteiger partial charge is 0.214 e. The minimum atomic E-state index is 0.149. The summed E-state index contributed by atoms with van der Waals surface area (Å²) in [6.45, 7) is 12.3. The lowest BCUT2D eigenvalue weighted by atomic mass is 10.1. The average molecular weight is 276 g/mol. The van der Waals surface area contributed by atoms with E-state index in [1.165, 1.54) is 6.42 Å². The van der Waals surface area contributed by atoms with Gasteiger partial charge in [0.05, 0.1) is 11.6 Å². The Morgan fingerprint density at radius 1 is 1.30 bits per heavy atom. The van der Waals surface area contributed by atoms with Crippen LogP contribution in [0.25, 0.3) is 0 Å². The molecular formula is C17H28N2O. The summed E-state index contributed by atoms with van der Waals surface area (Å²) < 4.78 is 0. The zero-order chi connectivity index (χ0) is 16.0. The summed E-state index contributed by atoms with van der Waals surface area (Å²) in [5.74, 6) is 0. The molecule has 0 N–H and O–H groups in total. The maximum atomic E-state index is 10.9. The molecule has 0 aliphatic rings. The summed E-state index contributed by atoms with van der Waals surface area (Å²) in [5.41, 5.74) is 1.35. The molecule has 1 unspecified atom stereocenters. The van der Waals surface area contributed by atoms with Crippen molar-refractivity contribution in [2.45, 2.75) is 60.4 Å². The molecule has 0 saturated carbocycles. The third-order valence-electron chi connectivity index (χ3n) is 2.45. The van der Waals surface area contributed by atoms with Gasteiger partial charge in [-0.15, -0.1) is 0 Å². The van der Waals surface area contributed by atoms with Gasteiger partial charge in [0.15, 0.2) is 0 Å². The van der Waals surface area contributed by atoms with Crippen molar-refractivity contribution in [1.82, 2.24) is 0 Å². The third-order valence-corrected chi connectivity index (χ3v) is 2.45. The van der Waals surface area contributed by atoms with Crippen LogP contribution in [0.15, 0.2) is 24.3 Å². The van der Waals surface area contributed by atoms with Crippen molar-refractivity contribution in [3.05, 3.63) is 29.8 Å². The Balaban J connectivity index is 0. The molecule has 0 heterocycles. The molecule has 0 bridgehead atoms. The first-order chi connectivity index (χ1) is 9.64. The highest BCUT2D eigenvalue weighted by atomic mass is 16.1. The zero-order valence-corrected chi connectivity index (χ0v) is 13.7. The van der Waals surface area contributed by atoms with E-state index in [-0.39, 0.29) is 6.04 Å². The second-order valence-electron chi connectivity index (χ2n) is 4.14. The Labute approximate surface area is 124 Å². The van der Waals surface area contributed by atoms with E-state index in [1.54, 1.807) is 23.1 Å². The largest absolute Gasteiger partial charge is 0.312 e. The number of anilines is 1. The monoisotopic (exact) mass is 276 g/mol. The van der Waals surface area contributed by atoms with Crippen molar-refractivity contribution in [3.8, 4) is 6.07 Å². The van der Waals surface area contributed by atoms with Crippen molar-refractivity contribution in [2.24, 2.45) is 0 Å². The number of nitriles is 1. The molecule has 1 rings (SSSR count). The van der Waals surface area contributed by atoms with Crippen LogP contribution in [-0.2, 0) is 4.79 Å². The van der Waals surface area contributed by atoms with Crippen molar-refractivity contribution < 1.29 is 4.79 Å². The summed E-state index contributed by atoms with van der Waals surface area (Å²) in [7, 11) is 0. The SMILES string of the molecule is CC.CCC.CCC(C)N(C=O)c1cccc(C#N)c1. The topological polar surface area (TPSA) is 44.1 Å². The Kier molecular flexibility index (Phi) is 13.9. The van der Waals surface area contributed by atoms with E-state index in [1.807, 2.05) is 33.8 Å². The fraction of sp³-hybridized carbons (Fsp3) is 0.529. The Bertz CT molecular complexity index is 396. The first-order valence-electron chi connectivity index (χ1n) is 7.38. The Hall–Kier alpha value is -1.82. The number of amides is 1. The summed E-state index contributed by atoms with van der Waals surface area (Å²) >= 11 is 0. The van der Waals surface area contributed by atoms with Gasteiger partial charge in [-0.25, -0.2) is 0 Å². The molecule has 0 radical (unpaired) electrons. The molecule has 20 heavy (non-hydrogen) atoms. The summed E-state index contributed by atoms with van der Waals surface area (Å²) in [4.78, 5) is 12.6. The number of nitrogens with zero attached hydrogens (tertiary/aromatic N) is 2. The molecule has 0 aromatic heterocycles. The second-order valence-corrected chi connectivity index (χ2v) is 4.14. The van der Waals surface area contributed by atoms with Crippen LogP contribution in [0.2, 0.25) is 0 Å². The summed E-state index contributed by atoms with van der Waals surface area (Å²) in [5, 5.41) is 8.76. The van der Waals surface area contributed by atoms with Gasteiger partial charge < -0.3 is 4.90 Å². The highest BCUT2D eigenvalue weighted by Crippen LogP contribution is 2.18. The molecule has 1 aromatic rings. The molecule has 3 heteroatoms. The van der Waals surface area contributed by atoms with Crippen molar-refractivity contribution in [1.29, 1.82) is 5.26 Å². The van der Waals surface area contributed by atoms with E-state index in [0.717, 1.165) is 18.5 Å². The van der Waals surface area contributed by atoms with Crippen LogP contribution >= 0.6 is 0 Å². The van der Waals surface area contributed by atoms with Crippen LogP contribution in [0.5, 0.6) is 0 Å². The predicted molar refractivity (Wildman–Crippen MR) is 86.8 cm³/mol. The van der Waals surface area contributed by atoms with Crippen molar-refractivity contribution in [3.63, 3.8) is 0 Å². The molecule has 0 spiro atoms. The fourth-order valence-electron chi connectivity index (χ4n) is 1.35. The molecule has 1 atom stereocenters. The van der Waals surface area contributed by atoms with Crippen LogP contribution in [0.3, 0.4) is 0 Å². The van der Waals surface area contributed by atoms with Crippen molar-refractivity contribution in [2.75, 3.05) is 4.90 Å². The molecule has 1 aromatic carbocycles. The molecule has 1 amide bonds. The average Bonchev–Trinajstić information content (AvgIpc) is 2.51. The Morgan fingerprint density at radius 3 is 2.25 bits per heavy atom. The molecule has 0 fully saturated rings. The maximum absolute atomic E-state index is 10.9.